The minimum atomic E-state index is -3.70. The maximum Gasteiger partial charge on any atom is 0.342 e. The third-order valence-electron chi connectivity index (χ3n) is 4.78. The minimum absolute atomic E-state index is 0.0245. The highest BCUT2D eigenvalue weighted by molar-refractivity contribution is 7.89. The third kappa shape index (κ3) is 5.54. The van der Waals surface area contributed by atoms with E-state index < -0.39 is 28.0 Å². The Kier molecular flexibility index (Phi) is 7.53. The Hall–Kier alpha value is -2.20. The Bertz CT molecular complexity index is 1090. The first-order valence-corrected chi connectivity index (χ1v) is 11.8. The average Bonchev–Trinajstić information content (AvgIpc) is 2.75. The Balaban J connectivity index is 1.73. The van der Waals surface area contributed by atoms with Crippen molar-refractivity contribution in [3.05, 3.63) is 52.3 Å². The molecule has 1 unspecified atom stereocenters. The summed E-state index contributed by atoms with van der Waals surface area (Å²) in [5.74, 6) is -1.49. The molecule has 11 heteroatoms. The highest BCUT2D eigenvalue weighted by Crippen LogP contribution is 2.28. The molecule has 0 aliphatic carbocycles. The monoisotopic (exact) mass is 485 g/mol. The lowest BCUT2D eigenvalue weighted by molar-refractivity contribution is -0.123. The van der Waals surface area contributed by atoms with Gasteiger partial charge in [0.2, 0.25) is 10.0 Å². The van der Waals surface area contributed by atoms with Gasteiger partial charge in [0, 0.05) is 19.3 Å². The second-order valence-corrected chi connectivity index (χ2v) is 9.69. The SMILES string of the molecule is CC(OC(=O)c1cccnc1Cl)C(=O)Nc1cc(S(=O)(=O)N2CCCCC2)ccc1Cl. The van der Waals surface area contributed by atoms with Gasteiger partial charge < -0.3 is 10.1 Å². The molecule has 0 bridgehead atoms. The van der Waals surface area contributed by atoms with Crippen molar-refractivity contribution in [1.29, 1.82) is 0 Å². The summed E-state index contributed by atoms with van der Waals surface area (Å²) < 4.78 is 32.3. The van der Waals surface area contributed by atoms with Crippen LogP contribution in [0.25, 0.3) is 0 Å². The predicted octanol–water partition coefficient (Wildman–Crippen LogP) is 3.75. The number of carbonyl (C=O) groups is 2. The van der Waals surface area contributed by atoms with Gasteiger partial charge in [0.15, 0.2) is 6.10 Å². The van der Waals surface area contributed by atoms with Gasteiger partial charge in [-0.05, 0) is 50.1 Å². The van der Waals surface area contributed by atoms with Crippen LogP contribution in [-0.4, -0.2) is 48.8 Å². The van der Waals surface area contributed by atoms with Gasteiger partial charge in [-0.3, -0.25) is 4.79 Å². The maximum absolute atomic E-state index is 12.9. The van der Waals surface area contributed by atoms with Crippen LogP contribution in [0.4, 0.5) is 5.69 Å². The van der Waals surface area contributed by atoms with E-state index in [0.29, 0.717) is 13.1 Å². The molecule has 1 saturated heterocycles. The number of carbonyl (C=O) groups excluding carboxylic acids is 2. The lowest BCUT2D eigenvalue weighted by Gasteiger charge is -2.26. The average molecular weight is 486 g/mol. The first-order valence-electron chi connectivity index (χ1n) is 9.62. The molecule has 166 valence electrons. The summed E-state index contributed by atoms with van der Waals surface area (Å²) in [7, 11) is -3.70. The first kappa shape index (κ1) is 23.5. The number of sulfonamides is 1. The number of amides is 1. The number of rotatable bonds is 6. The van der Waals surface area contributed by atoms with Crippen molar-refractivity contribution in [2.24, 2.45) is 0 Å². The Morgan fingerprint density at radius 2 is 1.87 bits per heavy atom. The summed E-state index contributed by atoms with van der Waals surface area (Å²) in [6.45, 7) is 2.28. The van der Waals surface area contributed by atoms with Crippen molar-refractivity contribution in [1.82, 2.24) is 9.29 Å². The highest BCUT2D eigenvalue weighted by atomic mass is 35.5. The Morgan fingerprint density at radius 1 is 1.16 bits per heavy atom. The van der Waals surface area contributed by atoms with Crippen LogP contribution in [0.1, 0.15) is 36.5 Å². The highest BCUT2D eigenvalue weighted by Gasteiger charge is 2.27. The van der Waals surface area contributed by atoms with Gasteiger partial charge in [-0.15, -0.1) is 0 Å². The molecule has 2 heterocycles. The van der Waals surface area contributed by atoms with Crippen molar-refractivity contribution in [3.8, 4) is 0 Å². The number of pyridine rings is 1. The van der Waals surface area contributed by atoms with Crippen LogP contribution >= 0.6 is 23.2 Å². The Labute approximate surface area is 190 Å². The van der Waals surface area contributed by atoms with Crippen molar-refractivity contribution < 1.29 is 22.7 Å². The summed E-state index contributed by atoms with van der Waals surface area (Å²) in [6.07, 6.45) is 2.83. The van der Waals surface area contributed by atoms with Crippen LogP contribution in [0.15, 0.2) is 41.4 Å². The van der Waals surface area contributed by atoms with Gasteiger partial charge in [0.05, 0.1) is 21.2 Å². The van der Waals surface area contributed by atoms with E-state index in [1.807, 2.05) is 0 Å². The van der Waals surface area contributed by atoms with Crippen molar-refractivity contribution in [3.63, 3.8) is 0 Å². The van der Waals surface area contributed by atoms with Crippen molar-refractivity contribution in [2.45, 2.75) is 37.2 Å². The van der Waals surface area contributed by atoms with Crippen molar-refractivity contribution in [2.75, 3.05) is 18.4 Å². The number of anilines is 1. The number of hydrogen-bond acceptors (Lipinski definition) is 6. The molecule has 1 aromatic heterocycles. The molecule has 0 radical (unpaired) electrons. The predicted molar refractivity (Wildman–Crippen MR) is 117 cm³/mol. The first-order chi connectivity index (χ1) is 14.7. The van der Waals surface area contributed by atoms with Gasteiger partial charge in [-0.25, -0.2) is 18.2 Å². The number of nitrogens with one attached hydrogen (secondary N) is 1. The standard InChI is InChI=1S/C20H21Cl2N3O5S/c1-13(30-20(27)15-6-5-9-23-18(15)22)19(26)24-17-12-14(7-8-16(17)21)31(28,29)25-10-3-2-4-11-25/h5-9,12-13H,2-4,10-11H2,1H3,(H,24,26). The molecule has 1 aliphatic rings. The van der Waals surface area contributed by atoms with Gasteiger partial charge in [0.25, 0.3) is 5.91 Å². The molecule has 1 fully saturated rings. The van der Waals surface area contributed by atoms with Crippen LogP contribution in [0.5, 0.6) is 0 Å². The lowest BCUT2D eigenvalue weighted by Crippen LogP contribution is -2.35. The second-order valence-electron chi connectivity index (χ2n) is 6.98. The number of nitrogens with zero attached hydrogens (tertiary/aromatic N) is 2. The molecule has 1 N–H and O–H groups in total. The molecule has 8 nitrogen and oxygen atoms in total. The summed E-state index contributed by atoms with van der Waals surface area (Å²) in [5.41, 5.74) is 0.128. The van der Waals surface area contributed by atoms with Crippen molar-refractivity contribution >= 4 is 50.8 Å². The molecule has 3 rings (SSSR count). The molecule has 1 aromatic carbocycles. The smallest absolute Gasteiger partial charge is 0.342 e. The molecule has 1 amide bonds. The molecule has 1 aliphatic heterocycles. The van der Waals surface area contributed by atoms with E-state index in [9.17, 15) is 18.0 Å². The molecule has 31 heavy (non-hydrogen) atoms. The molecule has 2 aromatic rings. The van der Waals surface area contributed by atoms with Crippen LogP contribution < -0.4 is 5.32 Å². The fourth-order valence-electron chi connectivity index (χ4n) is 3.07. The molecule has 1 atom stereocenters. The topological polar surface area (TPSA) is 106 Å². The molecular weight excluding hydrogens is 465 g/mol. The Morgan fingerprint density at radius 3 is 2.55 bits per heavy atom. The fraction of sp³-hybridized carbons (Fsp3) is 0.350. The van der Waals surface area contributed by atoms with E-state index in [2.05, 4.69) is 10.3 Å². The van der Waals surface area contributed by atoms with E-state index >= 15 is 0 Å². The largest absolute Gasteiger partial charge is 0.449 e. The number of hydrogen-bond donors (Lipinski definition) is 1. The maximum atomic E-state index is 12.9. The van der Waals surface area contributed by atoms with Crippen LogP contribution in [0, 0.1) is 0 Å². The summed E-state index contributed by atoms with van der Waals surface area (Å²) >= 11 is 12.0. The van der Waals surface area contributed by atoms with E-state index in [-0.39, 0.29) is 26.3 Å². The van der Waals surface area contributed by atoms with Gasteiger partial charge in [-0.1, -0.05) is 29.6 Å². The lowest BCUT2D eigenvalue weighted by atomic mass is 10.2. The van der Waals surface area contributed by atoms with Gasteiger partial charge in [-0.2, -0.15) is 4.31 Å². The second kappa shape index (κ2) is 9.95. The number of aromatic nitrogens is 1. The zero-order valence-electron chi connectivity index (χ0n) is 16.7. The molecule has 0 spiro atoms. The zero-order chi connectivity index (χ0) is 22.6. The summed E-state index contributed by atoms with van der Waals surface area (Å²) in [5, 5.41) is 2.63. The van der Waals surface area contributed by atoms with Crippen LogP contribution in [0.2, 0.25) is 10.2 Å². The molecular formula is C20H21Cl2N3O5S. The fourth-order valence-corrected chi connectivity index (χ4v) is 4.97. The number of esters is 1. The number of ether oxygens (including phenoxy) is 1. The van der Waals surface area contributed by atoms with Crippen LogP contribution in [0.3, 0.4) is 0 Å². The number of halogens is 2. The summed E-state index contributed by atoms with van der Waals surface area (Å²) in [4.78, 5) is 28.6. The van der Waals surface area contributed by atoms with Gasteiger partial charge in [0.1, 0.15) is 5.15 Å². The quantitative estimate of drug-likeness (QED) is 0.493. The van der Waals surface area contributed by atoms with E-state index in [0.717, 1.165) is 19.3 Å². The number of benzene rings is 1. The normalized spacial score (nSPS) is 15.8. The summed E-state index contributed by atoms with van der Waals surface area (Å²) in [6, 6.07) is 7.04. The van der Waals surface area contributed by atoms with E-state index in [1.54, 1.807) is 0 Å². The van der Waals surface area contributed by atoms with Gasteiger partial charge >= 0.3 is 5.97 Å². The van der Waals surface area contributed by atoms with E-state index in [4.69, 9.17) is 27.9 Å². The zero-order valence-corrected chi connectivity index (χ0v) is 19.0. The molecule has 0 saturated carbocycles. The van der Waals surface area contributed by atoms with Crippen LogP contribution in [-0.2, 0) is 19.6 Å². The minimum Gasteiger partial charge on any atom is -0.449 e. The third-order valence-corrected chi connectivity index (χ3v) is 7.31. The van der Waals surface area contributed by atoms with E-state index in [1.165, 1.54) is 47.8 Å². The number of piperidine rings is 1.